The highest BCUT2D eigenvalue weighted by Crippen LogP contribution is 2.28. The van der Waals surface area contributed by atoms with Crippen molar-refractivity contribution >= 4 is 11.8 Å². The number of pyridine rings is 1. The first-order valence-corrected chi connectivity index (χ1v) is 9.67. The molecule has 32 heavy (non-hydrogen) atoms. The first-order chi connectivity index (χ1) is 15.2. The minimum Gasteiger partial charge on any atom is -0.496 e. The molecule has 0 aliphatic carbocycles. The van der Waals surface area contributed by atoms with E-state index in [4.69, 9.17) is 9.84 Å². The molecular formula is C23H21F3N2O4. The van der Waals surface area contributed by atoms with Crippen molar-refractivity contribution in [2.24, 2.45) is 0 Å². The Morgan fingerprint density at radius 3 is 2.53 bits per heavy atom. The average molecular weight is 446 g/mol. The lowest BCUT2D eigenvalue weighted by atomic mass is 10.0. The zero-order chi connectivity index (χ0) is 23.1. The number of benzene rings is 2. The SMILES string of the molecule is COc1cc(-c2ccc(NCc3cccc(OC(F)(F)F)c3)nc2)ccc1CCC(=O)O. The minimum atomic E-state index is -4.74. The molecule has 1 heterocycles. The van der Waals surface area contributed by atoms with E-state index in [0.717, 1.165) is 16.7 Å². The molecular weight excluding hydrogens is 425 g/mol. The second-order valence-corrected chi connectivity index (χ2v) is 6.90. The topological polar surface area (TPSA) is 80.7 Å². The second kappa shape index (κ2) is 10.0. The van der Waals surface area contributed by atoms with E-state index in [-0.39, 0.29) is 18.7 Å². The molecule has 2 aromatic carbocycles. The number of nitrogens with zero attached hydrogens (tertiary/aromatic N) is 1. The van der Waals surface area contributed by atoms with Crippen molar-refractivity contribution in [1.29, 1.82) is 0 Å². The number of ether oxygens (including phenoxy) is 2. The lowest BCUT2D eigenvalue weighted by Gasteiger charge is -2.12. The Bertz CT molecular complexity index is 1070. The molecule has 0 atom stereocenters. The number of carboxylic acids is 1. The first-order valence-electron chi connectivity index (χ1n) is 9.67. The molecule has 0 aliphatic heterocycles. The third-order valence-corrected chi connectivity index (χ3v) is 4.60. The van der Waals surface area contributed by atoms with Gasteiger partial charge in [-0.15, -0.1) is 13.2 Å². The molecule has 168 valence electrons. The van der Waals surface area contributed by atoms with E-state index in [1.54, 1.807) is 18.3 Å². The largest absolute Gasteiger partial charge is 0.573 e. The van der Waals surface area contributed by atoms with Gasteiger partial charge in [-0.1, -0.05) is 24.3 Å². The maximum atomic E-state index is 12.4. The Morgan fingerprint density at radius 1 is 1.09 bits per heavy atom. The number of halogens is 3. The Hall–Kier alpha value is -3.75. The quantitative estimate of drug-likeness (QED) is 0.465. The normalized spacial score (nSPS) is 11.1. The molecule has 0 aliphatic rings. The van der Waals surface area contributed by atoms with Crippen molar-refractivity contribution in [2.75, 3.05) is 12.4 Å². The highest BCUT2D eigenvalue weighted by Gasteiger charge is 2.31. The van der Waals surface area contributed by atoms with Crippen molar-refractivity contribution in [3.8, 4) is 22.6 Å². The van der Waals surface area contributed by atoms with Crippen LogP contribution in [0.5, 0.6) is 11.5 Å². The van der Waals surface area contributed by atoms with E-state index in [2.05, 4.69) is 15.0 Å². The van der Waals surface area contributed by atoms with Gasteiger partial charge in [0.25, 0.3) is 0 Å². The molecule has 0 amide bonds. The number of hydrogen-bond donors (Lipinski definition) is 2. The van der Waals surface area contributed by atoms with Crippen LogP contribution in [0.25, 0.3) is 11.1 Å². The number of anilines is 1. The van der Waals surface area contributed by atoms with Gasteiger partial charge in [0.1, 0.15) is 17.3 Å². The predicted molar refractivity (Wildman–Crippen MR) is 113 cm³/mol. The molecule has 2 N–H and O–H groups in total. The van der Waals surface area contributed by atoms with E-state index in [9.17, 15) is 18.0 Å². The van der Waals surface area contributed by atoms with Gasteiger partial charge in [0.2, 0.25) is 0 Å². The Morgan fingerprint density at radius 2 is 1.88 bits per heavy atom. The first kappa shape index (κ1) is 22.9. The second-order valence-electron chi connectivity index (χ2n) is 6.90. The van der Waals surface area contributed by atoms with Crippen molar-refractivity contribution in [3.05, 3.63) is 71.9 Å². The monoisotopic (exact) mass is 446 g/mol. The lowest BCUT2D eigenvalue weighted by Crippen LogP contribution is -2.17. The van der Waals surface area contributed by atoms with Gasteiger partial charge in [-0.3, -0.25) is 4.79 Å². The fourth-order valence-electron chi connectivity index (χ4n) is 3.09. The summed E-state index contributed by atoms with van der Waals surface area (Å²) in [5, 5.41) is 11.9. The van der Waals surface area contributed by atoms with Crippen LogP contribution in [0.1, 0.15) is 17.5 Å². The average Bonchev–Trinajstić information content (AvgIpc) is 2.75. The van der Waals surface area contributed by atoms with Gasteiger partial charge in [-0.05, 0) is 53.4 Å². The zero-order valence-corrected chi connectivity index (χ0v) is 17.1. The molecule has 0 fully saturated rings. The van der Waals surface area contributed by atoms with Gasteiger partial charge in [0.05, 0.1) is 7.11 Å². The summed E-state index contributed by atoms with van der Waals surface area (Å²) in [6, 6.07) is 14.9. The third-order valence-electron chi connectivity index (χ3n) is 4.60. The summed E-state index contributed by atoms with van der Waals surface area (Å²) in [6.45, 7) is 0.271. The molecule has 6 nitrogen and oxygen atoms in total. The van der Waals surface area contributed by atoms with Crippen molar-refractivity contribution in [1.82, 2.24) is 4.98 Å². The Kier molecular flexibility index (Phi) is 7.19. The summed E-state index contributed by atoms with van der Waals surface area (Å²) < 4.78 is 46.4. The fraction of sp³-hybridized carbons (Fsp3) is 0.217. The van der Waals surface area contributed by atoms with E-state index in [1.165, 1.54) is 25.3 Å². The van der Waals surface area contributed by atoms with Crippen LogP contribution in [0.2, 0.25) is 0 Å². The van der Waals surface area contributed by atoms with Gasteiger partial charge >= 0.3 is 12.3 Å². The highest BCUT2D eigenvalue weighted by molar-refractivity contribution is 5.69. The molecule has 9 heteroatoms. The van der Waals surface area contributed by atoms with Gasteiger partial charge in [-0.2, -0.15) is 0 Å². The molecule has 0 unspecified atom stereocenters. The number of aromatic nitrogens is 1. The predicted octanol–water partition coefficient (Wildman–Crippen LogP) is 5.29. The van der Waals surface area contributed by atoms with Crippen LogP contribution in [-0.2, 0) is 17.8 Å². The molecule has 3 aromatic rings. The van der Waals surface area contributed by atoms with Crippen LogP contribution in [0.4, 0.5) is 19.0 Å². The molecule has 0 radical (unpaired) electrons. The minimum absolute atomic E-state index is 0.0167. The number of hydrogen-bond acceptors (Lipinski definition) is 5. The number of methoxy groups -OCH3 is 1. The van der Waals surface area contributed by atoms with Gasteiger partial charge in [0, 0.05) is 24.7 Å². The lowest BCUT2D eigenvalue weighted by molar-refractivity contribution is -0.274. The molecule has 1 aromatic heterocycles. The van der Waals surface area contributed by atoms with E-state index in [1.807, 2.05) is 24.3 Å². The van der Waals surface area contributed by atoms with E-state index < -0.39 is 12.3 Å². The standard InChI is InChI=1S/C23H21F3N2O4/c1-31-20-12-17(6-5-16(20)8-10-22(29)30)18-7-9-21(28-14-18)27-13-15-3-2-4-19(11-15)32-23(24,25)26/h2-7,9,11-12,14H,8,10,13H2,1H3,(H,27,28)(H,29,30). The Balaban J connectivity index is 1.65. The van der Waals surface area contributed by atoms with Gasteiger partial charge in [0.15, 0.2) is 0 Å². The van der Waals surface area contributed by atoms with Crippen LogP contribution >= 0.6 is 0 Å². The number of carbonyl (C=O) groups is 1. The fourth-order valence-corrected chi connectivity index (χ4v) is 3.09. The van der Waals surface area contributed by atoms with Crippen LogP contribution in [0, 0.1) is 0 Å². The number of aliphatic carboxylic acids is 1. The number of rotatable bonds is 9. The number of nitrogens with one attached hydrogen (secondary N) is 1. The summed E-state index contributed by atoms with van der Waals surface area (Å²) in [5.74, 6) is 0.0109. The summed E-state index contributed by atoms with van der Waals surface area (Å²) in [6.07, 6.45) is -2.68. The van der Waals surface area contributed by atoms with Gasteiger partial charge < -0.3 is 19.9 Å². The summed E-state index contributed by atoms with van der Waals surface area (Å²) >= 11 is 0. The number of carboxylic acid groups (broad SMARTS) is 1. The maximum Gasteiger partial charge on any atom is 0.573 e. The van der Waals surface area contributed by atoms with E-state index >= 15 is 0 Å². The summed E-state index contributed by atoms with van der Waals surface area (Å²) in [4.78, 5) is 15.2. The smallest absolute Gasteiger partial charge is 0.496 e. The van der Waals surface area contributed by atoms with Crippen LogP contribution in [-0.4, -0.2) is 29.5 Å². The Labute approximate surface area is 182 Å². The van der Waals surface area contributed by atoms with Gasteiger partial charge in [-0.25, -0.2) is 4.98 Å². The van der Waals surface area contributed by atoms with Crippen LogP contribution in [0.3, 0.4) is 0 Å². The highest BCUT2D eigenvalue weighted by atomic mass is 19.4. The molecule has 0 saturated carbocycles. The summed E-state index contributed by atoms with van der Waals surface area (Å²) in [5.41, 5.74) is 3.11. The summed E-state index contributed by atoms with van der Waals surface area (Å²) in [7, 11) is 1.53. The zero-order valence-electron chi connectivity index (χ0n) is 17.1. The van der Waals surface area contributed by atoms with Crippen molar-refractivity contribution in [2.45, 2.75) is 25.7 Å². The molecule has 0 saturated heterocycles. The number of alkyl halides is 3. The van der Waals surface area contributed by atoms with Crippen molar-refractivity contribution < 1.29 is 32.5 Å². The van der Waals surface area contributed by atoms with Crippen LogP contribution < -0.4 is 14.8 Å². The maximum absolute atomic E-state index is 12.4. The molecule has 0 bridgehead atoms. The molecule has 0 spiro atoms. The van der Waals surface area contributed by atoms with Crippen molar-refractivity contribution in [3.63, 3.8) is 0 Å². The van der Waals surface area contributed by atoms with Crippen LogP contribution in [0.15, 0.2) is 60.8 Å². The third kappa shape index (κ3) is 6.63. The number of aryl methyl sites for hydroxylation is 1. The molecule has 3 rings (SSSR count). The van der Waals surface area contributed by atoms with E-state index in [0.29, 0.717) is 23.6 Å².